The van der Waals surface area contributed by atoms with E-state index in [1.807, 2.05) is 25.1 Å². The number of nitrogens with zero attached hydrogens (tertiary/aromatic N) is 6. The van der Waals surface area contributed by atoms with E-state index in [9.17, 15) is 9.18 Å². The summed E-state index contributed by atoms with van der Waals surface area (Å²) in [6.07, 6.45) is 2.17. The van der Waals surface area contributed by atoms with Crippen molar-refractivity contribution in [2.75, 3.05) is 32.9 Å². The molecule has 0 N–H and O–H groups in total. The molecule has 140 valence electrons. The van der Waals surface area contributed by atoms with Gasteiger partial charge in [-0.25, -0.2) is 9.07 Å². The van der Waals surface area contributed by atoms with Gasteiger partial charge >= 0.3 is 0 Å². The Hall–Kier alpha value is -2.00. The second-order valence-electron chi connectivity index (χ2n) is 6.67. The first-order valence-electron chi connectivity index (χ1n) is 8.60. The van der Waals surface area contributed by atoms with Crippen molar-refractivity contribution in [3.8, 4) is 0 Å². The topological polar surface area (TPSA) is 67.2 Å². The van der Waals surface area contributed by atoms with Gasteiger partial charge in [-0.15, -0.1) is 5.10 Å². The number of aromatic nitrogens is 4. The van der Waals surface area contributed by atoms with Gasteiger partial charge in [0.05, 0.1) is 11.8 Å². The molecule has 2 aromatic rings. The molecule has 1 amide bonds. The summed E-state index contributed by atoms with van der Waals surface area (Å²) in [6.45, 7) is 1.71. The van der Waals surface area contributed by atoms with Crippen LogP contribution in [-0.2, 0) is 11.3 Å². The average molecular weight is 378 g/mol. The SMILES string of the molecule is CN(C)CCN(Cc1cccc(F)c1)C(=O)CSc1nnnn1C1CC1. The number of carbonyl (C=O) groups is 1. The molecule has 1 aliphatic rings. The molecule has 1 heterocycles. The molecule has 26 heavy (non-hydrogen) atoms. The molecule has 0 atom stereocenters. The van der Waals surface area contributed by atoms with Gasteiger partial charge in [0.15, 0.2) is 0 Å². The molecule has 1 aromatic carbocycles. The highest BCUT2D eigenvalue weighted by Crippen LogP contribution is 2.36. The van der Waals surface area contributed by atoms with Gasteiger partial charge < -0.3 is 9.80 Å². The molecule has 0 radical (unpaired) electrons. The van der Waals surface area contributed by atoms with E-state index in [1.165, 1.54) is 23.9 Å². The molecule has 1 fully saturated rings. The van der Waals surface area contributed by atoms with Gasteiger partial charge in [0, 0.05) is 19.6 Å². The molecule has 1 aliphatic carbocycles. The molecule has 1 saturated carbocycles. The average Bonchev–Trinajstić information content (AvgIpc) is 3.34. The lowest BCUT2D eigenvalue weighted by Crippen LogP contribution is -2.37. The number of thioether (sulfide) groups is 1. The van der Waals surface area contributed by atoms with E-state index in [0.29, 0.717) is 24.3 Å². The minimum atomic E-state index is -0.291. The summed E-state index contributed by atoms with van der Waals surface area (Å²) in [5.74, 6) is -0.0394. The smallest absolute Gasteiger partial charge is 0.233 e. The van der Waals surface area contributed by atoms with Crippen molar-refractivity contribution in [2.24, 2.45) is 0 Å². The lowest BCUT2D eigenvalue weighted by Gasteiger charge is -2.24. The number of amides is 1. The third kappa shape index (κ3) is 5.25. The number of hydrogen-bond acceptors (Lipinski definition) is 6. The van der Waals surface area contributed by atoms with E-state index in [0.717, 1.165) is 24.9 Å². The predicted octanol–water partition coefficient (Wildman–Crippen LogP) is 1.83. The van der Waals surface area contributed by atoms with Crippen molar-refractivity contribution in [1.82, 2.24) is 30.0 Å². The van der Waals surface area contributed by atoms with Crippen LogP contribution in [0, 0.1) is 5.82 Å². The van der Waals surface area contributed by atoms with Crippen LogP contribution in [0.1, 0.15) is 24.4 Å². The third-order valence-corrected chi connectivity index (χ3v) is 5.03. The Kier molecular flexibility index (Phi) is 6.20. The van der Waals surface area contributed by atoms with E-state index >= 15 is 0 Å². The molecule has 0 unspecified atom stereocenters. The molecule has 7 nitrogen and oxygen atoms in total. The fraction of sp³-hybridized carbons (Fsp3) is 0.529. The second-order valence-corrected chi connectivity index (χ2v) is 7.62. The Morgan fingerprint density at radius 2 is 2.15 bits per heavy atom. The summed E-state index contributed by atoms with van der Waals surface area (Å²) in [5.41, 5.74) is 0.782. The fourth-order valence-electron chi connectivity index (χ4n) is 2.51. The van der Waals surface area contributed by atoms with E-state index in [4.69, 9.17) is 0 Å². The standard InChI is InChI=1S/C17H23FN6OS/c1-22(2)8-9-23(11-13-4-3-5-14(18)10-13)16(25)12-26-17-19-20-21-24(17)15-6-7-15/h3-5,10,15H,6-9,11-12H2,1-2H3. The van der Waals surface area contributed by atoms with Crippen LogP contribution in [0.2, 0.25) is 0 Å². The maximum atomic E-state index is 13.5. The van der Waals surface area contributed by atoms with Crippen molar-refractivity contribution in [3.63, 3.8) is 0 Å². The van der Waals surface area contributed by atoms with Crippen molar-refractivity contribution in [2.45, 2.75) is 30.6 Å². The molecule has 3 rings (SSSR count). The van der Waals surface area contributed by atoms with Crippen LogP contribution in [0.3, 0.4) is 0 Å². The predicted molar refractivity (Wildman–Crippen MR) is 97.2 cm³/mol. The summed E-state index contributed by atoms with van der Waals surface area (Å²) in [7, 11) is 3.92. The first-order valence-corrected chi connectivity index (χ1v) is 9.59. The zero-order chi connectivity index (χ0) is 18.5. The monoisotopic (exact) mass is 378 g/mol. The first-order chi connectivity index (χ1) is 12.5. The highest BCUT2D eigenvalue weighted by Gasteiger charge is 2.28. The maximum Gasteiger partial charge on any atom is 0.233 e. The van der Waals surface area contributed by atoms with Crippen LogP contribution >= 0.6 is 11.8 Å². The molecule has 9 heteroatoms. The van der Waals surface area contributed by atoms with Gasteiger partial charge in [-0.05, 0) is 55.1 Å². The minimum Gasteiger partial charge on any atom is -0.336 e. The summed E-state index contributed by atoms with van der Waals surface area (Å²) in [6, 6.07) is 6.75. The highest BCUT2D eigenvalue weighted by molar-refractivity contribution is 7.99. The number of carbonyl (C=O) groups excluding carboxylic acids is 1. The zero-order valence-corrected chi connectivity index (χ0v) is 15.8. The van der Waals surface area contributed by atoms with Gasteiger partial charge in [0.2, 0.25) is 11.1 Å². The van der Waals surface area contributed by atoms with Crippen molar-refractivity contribution < 1.29 is 9.18 Å². The Balaban J connectivity index is 1.62. The van der Waals surface area contributed by atoms with E-state index in [1.54, 1.807) is 15.6 Å². The zero-order valence-electron chi connectivity index (χ0n) is 15.0. The Morgan fingerprint density at radius 3 is 2.85 bits per heavy atom. The highest BCUT2D eigenvalue weighted by atomic mass is 32.2. The number of likely N-dealkylation sites (N-methyl/N-ethyl adjacent to an activating group) is 1. The van der Waals surface area contributed by atoms with Crippen LogP contribution in [0.25, 0.3) is 0 Å². The Labute approximate surface area is 156 Å². The summed E-state index contributed by atoms with van der Waals surface area (Å²) >= 11 is 1.35. The Morgan fingerprint density at radius 1 is 1.35 bits per heavy atom. The number of benzene rings is 1. The Bertz CT molecular complexity index is 748. The summed E-state index contributed by atoms with van der Waals surface area (Å²) < 4.78 is 15.3. The van der Waals surface area contributed by atoms with E-state index < -0.39 is 0 Å². The lowest BCUT2D eigenvalue weighted by atomic mass is 10.2. The summed E-state index contributed by atoms with van der Waals surface area (Å²) in [5, 5.41) is 12.4. The van der Waals surface area contributed by atoms with Gasteiger partial charge in [0.25, 0.3) is 0 Å². The minimum absolute atomic E-state index is 0.00791. The van der Waals surface area contributed by atoms with Gasteiger partial charge in [-0.2, -0.15) is 0 Å². The number of halogens is 1. The molecule has 0 saturated heterocycles. The third-order valence-electron chi connectivity index (χ3n) is 4.11. The molecule has 0 bridgehead atoms. The molecular formula is C17H23FN6OS. The van der Waals surface area contributed by atoms with Crippen LogP contribution in [0.15, 0.2) is 29.4 Å². The van der Waals surface area contributed by atoms with Crippen LogP contribution < -0.4 is 0 Å². The van der Waals surface area contributed by atoms with Crippen LogP contribution in [0.4, 0.5) is 4.39 Å². The fourth-order valence-corrected chi connectivity index (χ4v) is 3.36. The molecule has 0 spiro atoms. The number of hydrogen-bond donors (Lipinski definition) is 0. The van der Waals surface area contributed by atoms with Gasteiger partial charge in [-0.3, -0.25) is 4.79 Å². The lowest BCUT2D eigenvalue weighted by molar-refractivity contribution is -0.129. The van der Waals surface area contributed by atoms with Crippen molar-refractivity contribution in [3.05, 3.63) is 35.6 Å². The molecule has 1 aromatic heterocycles. The first kappa shape index (κ1) is 18.8. The van der Waals surface area contributed by atoms with Crippen LogP contribution in [-0.4, -0.2) is 68.9 Å². The summed E-state index contributed by atoms with van der Waals surface area (Å²) in [4.78, 5) is 16.5. The normalized spacial score (nSPS) is 14.0. The van der Waals surface area contributed by atoms with E-state index in [2.05, 4.69) is 15.5 Å². The van der Waals surface area contributed by atoms with Crippen molar-refractivity contribution >= 4 is 17.7 Å². The molecular weight excluding hydrogens is 355 g/mol. The largest absolute Gasteiger partial charge is 0.336 e. The van der Waals surface area contributed by atoms with Gasteiger partial charge in [-0.1, -0.05) is 23.9 Å². The number of tetrazole rings is 1. The second kappa shape index (κ2) is 8.59. The van der Waals surface area contributed by atoms with Crippen molar-refractivity contribution in [1.29, 1.82) is 0 Å². The maximum absolute atomic E-state index is 13.5. The van der Waals surface area contributed by atoms with E-state index in [-0.39, 0.29) is 17.5 Å². The molecule has 0 aliphatic heterocycles. The van der Waals surface area contributed by atoms with Gasteiger partial charge in [0.1, 0.15) is 5.82 Å². The van der Waals surface area contributed by atoms with Crippen LogP contribution in [0.5, 0.6) is 0 Å². The number of rotatable bonds is 9. The quantitative estimate of drug-likeness (QED) is 0.620.